The van der Waals surface area contributed by atoms with Crippen molar-refractivity contribution in [3.63, 3.8) is 0 Å². The van der Waals surface area contributed by atoms with Crippen LogP contribution in [0, 0.1) is 0 Å². The standard InChI is InChI=1S/C14H21NO4S/c1-2-18-12-5-3-4-6-13(12)19-9-7-14(15)8-10-20(16,17)11-14/h3-6H,2,7-11,15H2,1H3. The summed E-state index contributed by atoms with van der Waals surface area (Å²) in [6.45, 7) is 2.87. The zero-order valence-electron chi connectivity index (χ0n) is 11.7. The number of nitrogens with two attached hydrogens (primary N) is 1. The van der Waals surface area contributed by atoms with E-state index in [1.165, 1.54) is 0 Å². The van der Waals surface area contributed by atoms with E-state index >= 15 is 0 Å². The average molecular weight is 299 g/mol. The van der Waals surface area contributed by atoms with Gasteiger partial charge in [0.25, 0.3) is 0 Å². The fraction of sp³-hybridized carbons (Fsp3) is 0.571. The van der Waals surface area contributed by atoms with Crippen LogP contribution in [0.15, 0.2) is 24.3 Å². The molecular formula is C14H21NO4S. The van der Waals surface area contributed by atoms with E-state index in [-0.39, 0.29) is 11.5 Å². The van der Waals surface area contributed by atoms with Crippen molar-refractivity contribution in [2.24, 2.45) is 5.73 Å². The Labute approximate surface area is 120 Å². The third-order valence-electron chi connectivity index (χ3n) is 3.42. The van der Waals surface area contributed by atoms with Crippen molar-refractivity contribution in [2.45, 2.75) is 25.3 Å². The molecule has 1 heterocycles. The molecule has 1 unspecified atom stereocenters. The molecule has 0 spiro atoms. The molecule has 0 aromatic heterocycles. The molecule has 2 N–H and O–H groups in total. The molecule has 0 saturated carbocycles. The summed E-state index contributed by atoms with van der Waals surface area (Å²) in [4.78, 5) is 0. The molecule has 0 amide bonds. The predicted molar refractivity (Wildman–Crippen MR) is 77.9 cm³/mol. The lowest BCUT2D eigenvalue weighted by Crippen LogP contribution is -2.42. The van der Waals surface area contributed by atoms with Crippen LogP contribution in [0.1, 0.15) is 19.8 Å². The summed E-state index contributed by atoms with van der Waals surface area (Å²) in [6.07, 6.45) is 1.03. The van der Waals surface area contributed by atoms with Gasteiger partial charge in [0.05, 0.1) is 24.7 Å². The minimum absolute atomic E-state index is 0.0521. The number of ether oxygens (including phenoxy) is 2. The second-order valence-corrected chi connectivity index (χ2v) is 7.37. The highest BCUT2D eigenvalue weighted by Gasteiger charge is 2.38. The van der Waals surface area contributed by atoms with Crippen LogP contribution in [0.4, 0.5) is 0 Å². The average Bonchev–Trinajstić information content (AvgIpc) is 2.66. The van der Waals surface area contributed by atoms with Gasteiger partial charge in [-0.05, 0) is 25.5 Å². The molecule has 1 saturated heterocycles. The molecule has 1 aliphatic rings. The summed E-state index contributed by atoms with van der Waals surface area (Å²) in [5, 5.41) is 0. The van der Waals surface area contributed by atoms with Crippen molar-refractivity contribution in [3.8, 4) is 11.5 Å². The summed E-state index contributed by atoms with van der Waals surface area (Å²) in [5.41, 5.74) is 5.45. The van der Waals surface area contributed by atoms with Crippen molar-refractivity contribution in [1.29, 1.82) is 0 Å². The lowest BCUT2D eigenvalue weighted by Gasteiger charge is -2.22. The van der Waals surface area contributed by atoms with E-state index in [0.717, 1.165) is 0 Å². The number of hydrogen-bond acceptors (Lipinski definition) is 5. The summed E-state index contributed by atoms with van der Waals surface area (Å²) in [6, 6.07) is 7.43. The number of sulfone groups is 1. The third-order valence-corrected chi connectivity index (χ3v) is 5.27. The van der Waals surface area contributed by atoms with Gasteiger partial charge in [0.1, 0.15) is 0 Å². The van der Waals surface area contributed by atoms with Gasteiger partial charge >= 0.3 is 0 Å². The maximum atomic E-state index is 11.5. The molecule has 0 radical (unpaired) electrons. The van der Waals surface area contributed by atoms with Crippen LogP contribution in [0.2, 0.25) is 0 Å². The normalized spacial score (nSPS) is 24.5. The molecule has 1 aromatic rings. The molecule has 1 aromatic carbocycles. The Hall–Kier alpha value is -1.27. The Morgan fingerprint density at radius 3 is 2.45 bits per heavy atom. The highest BCUT2D eigenvalue weighted by molar-refractivity contribution is 7.91. The molecule has 6 heteroatoms. The molecule has 0 bridgehead atoms. The molecule has 0 aliphatic carbocycles. The van der Waals surface area contributed by atoms with Crippen LogP contribution in [0.3, 0.4) is 0 Å². The maximum absolute atomic E-state index is 11.5. The minimum atomic E-state index is -2.97. The number of rotatable bonds is 6. The fourth-order valence-corrected chi connectivity index (χ4v) is 4.37. The number of para-hydroxylation sites is 2. The zero-order chi connectivity index (χ0) is 14.6. The van der Waals surface area contributed by atoms with E-state index in [4.69, 9.17) is 15.2 Å². The topological polar surface area (TPSA) is 78.6 Å². The Bertz CT molecular complexity index is 558. The van der Waals surface area contributed by atoms with E-state index in [0.29, 0.717) is 37.6 Å². The third kappa shape index (κ3) is 3.86. The molecule has 1 aliphatic heterocycles. The van der Waals surface area contributed by atoms with Crippen LogP contribution in [-0.4, -0.2) is 38.7 Å². The summed E-state index contributed by atoms with van der Waals surface area (Å²) in [5.74, 6) is 1.59. The zero-order valence-corrected chi connectivity index (χ0v) is 12.5. The second kappa shape index (κ2) is 6.01. The van der Waals surface area contributed by atoms with Gasteiger partial charge in [-0.1, -0.05) is 12.1 Å². The van der Waals surface area contributed by atoms with Gasteiger partial charge in [-0.3, -0.25) is 0 Å². The number of benzene rings is 1. The summed E-state index contributed by atoms with van der Waals surface area (Å²) in [7, 11) is -2.97. The van der Waals surface area contributed by atoms with Crippen molar-refractivity contribution in [3.05, 3.63) is 24.3 Å². The maximum Gasteiger partial charge on any atom is 0.161 e. The molecule has 112 valence electrons. The summed E-state index contributed by atoms with van der Waals surface area (Å²) < 4.78 is 34.1. The molecule has 1 atom stereocenters. The first-order valence-electron chi connectivity index (χ1n) is 6.78. The number of hydrogen-bond donors (Lipinski definition) is 1. The Kier molecular flexibility index (Phi) is 4.55. The molecule has 5 nitrogen and oxygen atoms in total. The van der Waals surface area contributed by atoms with Crippen LogP contribution in [-0.2, 0) is 9.84 Å². The summed E-state index contributed by atoms with van der Waals surface area (Å²) >= 11 is 0. The van der Waals surface area contributed by atoms with Crippen molar-refractivity contribution >= 4 is 9.84 Å². The minimum Gasteiger partial charge on any atom is -0.490 e. The second-order valence-electron chi connectivity index (χ2n) is 5.18. The predicted octanol–water partition coefficient (Wildman–Crippen LogP) is 1.37. The Morgan fingerprint density at radius 1 is 1.25 bits per heavy atom. The molecular weight excluding hydrogens is 278 g/mol. The van der Waals surface area contributed by atoms with E-state index < -0.39 is 15.4 Å². The smallest absolute Gasteiger partial charge is 0.161 e. The highest BCUT2D eigenvalue weighted by atomic mass is 32.2. The van der Waals surface area contributed by atoms with Crippen LogP contribution in [0.25, 0.3) is 0 Å². The quantitative estimate of drug-likeness (QED) is 0.858. The highest BCUT2D eigenvalue weighted by Crippen LogP contribution is 2.28. The van der Waals surface area contributed by atoms with Crippen LogP contribution in [0.5, 0.6) is 11.5 Å². The largest absolute Gasteiger partial charge is 0.490 e. The lowest BCUT2D eigenvalue weighted by molar-refractivity contribution is 0.248. The first kappa shape index (κ1) is 15.1. The molecule has 20 heavy (non-hydrogen) atoms. The molecule has 2 rings (SSSR count). The first-order chi connectivity index (χ1) is 9.44. The SMILES string of the molecule is CCOc1ccccc1OCCC1(N)CCS(=O)(=O)C1. The lowest BCUT2D eigenvalue weighted by atomic mass is 9.97. The van der Waals surface area contributed by atoms with Crippen molar-refractivity contribution in [1.82, 2.24) is 0 Å². The fourth-order valence-electron chi connectivity index (χ4n) is 2.35. The van der Waals surface area contributed by atoms with E-state index in [2.05, 4.69) is 0 Å². The van der Waals surface area contributed by atoms with E-state index in [1.807, 2.05) is 31.2 Å². The van der Waals surface area contributed by atoms with Gasteiger partial charge < -0.3 is 15.2 Å². The van der Waals surface area contributed by atoms with Gasteiger partial charge in [-0.2, -0.15) is 0 Å². The van der Waals surface area contributed by atoms with Crippen LogP contribution < -0.4 is 15.2 Å². The van der Waals surface area contributed by atoms with E-state index in [1.54, 1.807) is 0 Å². The van der Waals surface area contributed by atoms with Crippen LogP contribution >= 0.6 is 0 Å². The first-order valence-corrected chi connectivity index (χ1v) is 8.60. The Morgan fingerprint density at radius 2 is 1.90 bits per heavy atom. The van der Waals surface area contributed by atoms with Gasteiger partial charge in [0.2, 0.25) is 0 Å². The van der Waals surface area contributed by atoms with E-state index in [9.17, 15) is 8.42 Å². The van der Waals surface area contributed by atoms with Crippen molar-refractivity contribution < 1.29 is 17.9 Å². The van der Waals surface area contributed by atoms with Gasteiger partial charge in [-0.25, -0.2) is 8.42 Å². The monoisotopic (exact) mass is 299 g/mol. The Balaban J connectivity index is 1.90. The van der Waals surface area contributed by atoms with Gasteiger partial charge in [-0.15, -0.1) is 0 Å². The van der Waals surface area contributed by atoms with Crippen molar-refractivity contribution in [2.75, 3.05) is 24.7 Å². The van der Waals surface area contributed by atoms with Gasteiger partial charge in [0.15, 0.2) is 21.3 Å². The van der Waals surface area contributed by atoms with Gasteiger partial charge in [0, 0.05) is 12.0 Å². The molecule has 1 fully saturated rings.